The number of sulfone groups is 1. The molecule has 1 aromatic rings. The van der Waals surface area contributed by atoms with Crippen LogP contribution in [0.15, 0.2) is 12.1 Å². The van der Waals surface area contributed by atoms with E-state index in [1.54, 1.807) is 11.9 Å². The van der Waals surface area contributed by atoms with E-state index in [4.69, 9.17) is 0 Å². The number of hydrogen-bond donors (Lipinski definition) is 1. The van der Waals surface area contributed by atoms with E-state index in [-0.39, 0.29) is 36.5 Å². The van der Waals surface area contributed by atoms with Crippen molar-refractivity contribution >= 4 is 27.3 Å². The number of nitrogens with one attached hydrogen (secondary N) is 1. The normalized spacial score (nSPS) is 16.2. The van der Waals surface area contributed by atoms with Gasteiger partial charge in [-0.05, 0) is 58.1 Å². The van der Waals surface area contributed by atoms with Crippen molar-refractivity contribution in [2.24, 2.45) is 0 Å². The first-order valence-electron chi connectivity index (χ1n) is 10.9. The molecular formula is C23H36N2O4S. The van der Waals surface area contributed by atoms with Crippen molar-refractivity contribution in [1.82, 2.24) is 4.90 Å². The maximum atomic E-state index is 12.7. The largest absolute Gasteiger partial charge is 0.342 e. The highest BCUT2D eigenvalue weighted by molar-refractivity contribution is 7.92. The van der Waals surface area contributed by atoms with Crippen molar-refractivity contribution in [3.05, 3.63) is 28.8 Å². The van der Waals surface area contributed by atoms with Crippen molar-refractivity contribution in [1.29, 1.82) is 0 Å². The number of rotatable bonds is 8. The second-order valence-corrected chi connectivity index (χ2v) is 11.1. The van der Waals surface area contributed by atoms with Gasteiger partial charge in [-0.2, -0.15) is 0 Å². The van der Waals surface area contributed by atoms with Crippen LogP contribution in [-0.2, 0) is 19.4 Å². The molecule has 0 aliphatic heterocycles. The van der Waals surface area contributed by atoms with Crippen molar-refractivity contribution < 1.29 is 18.0 Å². The minimum absolute atomic E-state index is 0.103. The van der Waals surface area contributed by atoms with Crippen LogP contribution in [0.4, 0.5) is 5.69 Å². The molecule has 7 heteroatoms. The Kier molecular flexibility index (Phi) is 8.47. The molecule has 1 aliphatic rings. The number of anilines is 1. The van der Waals surface area contributed by atoms with Crippen LogP contribution in [0, 0.1) is 20.8 Å². The standard InChI is InChI=1S/C23H36N2O4S/c1-16-14-17(2)22(18(3)15-16)24-21(26)12-9-13-30(28,29)19(4)23(27)25(5)20-10-7-6-8-11-20/h14-15,19-20H,6-13H2,1-5H3,(H,24,26). The maximum absolute atomic E-state index is 12.7. The van der Waals surface area contributed by atoms with E-state index in [0.717, 1.165) is 48.1 Å². The molecule has 1 aliphatic carbocycles. The van der Waals surface area contributed by atoms with Gasteiger partial charge in [0.1, 0.15) is 5.25 Å². The van der Waals surface area contributed by atoms with Crippen LogP contribution in [0.3, 0.4) is 0 Å². The van der Waals surface area contributed by atoms with Gasteiger partial charge in [0.25, 0.3) is 0 Å². The van der Waals surface area contributed by atoms with Gasteiger partial charge in [0.2, 0.25) is 11.8 Å². The van der Waals surface area contributed by atoms with Gasteiger partial charge in [0.05, 0.1) is 5.75 Å². The fraction of sp³-hybridized carbons (Fsp3) is 0.652. The second-order valence-electron chi connectivity index (χ2n) is 8.68. The predicted molar refractivity (Wildman–Crippen MR) is 121 cm³/mol. The van der Waals surface area contributed by atoms with Gasteiger partial charge in [0, 0.05) is 25.2 Å². The summed E-state index contributed by atoms with van der Waals surface area (Å²) in [4.78, 5) is 26.6. The number of hydrogen-bond acceptors (Lipinski definition) is 4. The zero-order valence-corrected chi connectivity index (χ0v) is 19.8. The molecule has 168 valence electrons. The molecule has 1 aromatic carbocycles. The highest BCUT2D eigenvalue weighted by atomic mass is 32.2. The van der Waals surface area contributed by atoms with Crippen LogP contribution in [0.25, 0.3) is 0 Å². The zero-order chi connectivity index (χ0) is 22.5. The Hall–Kier alpha value is -1.89. The molecule has 1 unspecified atom stereocenters. The Balaban J connectivity index is 1.88. The Morgan fingerprint density at radius 3 is 2.23 bits per heavy atom. The molecule has 1 saturated carbocycles. The molecule has 30 heavy (non-hydrogen) atoms. The highest BCUT2D eigenvalue weighted by Gasteiger charge is 2.33. The number of benzene rings is 1. The number of carbonyl (C=O) groups excluding carboxylic acids is 2. The molecular weight excluding hydrogens is 400 g/mol. The van der Waals surface area contributed by atoms with Crippen LogP contribution in [-0.4, -0.2) is 49.2 Å². The quantitative estimate of drug-likeness (QED) is 0.669. The summed E-state index contributed by atoms with van der Waals surface area (Å²) >= 11 is 0. The molecule has 1 N–H and O–H groups in total. The topological polar surface area (TPSA) is 83.5 Å². The van der Waals surface area contributed by atoms with E-state index in [9.17, 15) is 18.0 Å². The lowest BCUT2D eigenvalue weighted by atomic mass is 9.94. The Bertz CT molecular complexity index is 850. The summed E-state index contributed by atoms with van der Waals surface area (Å²) in [6.45, 7) is 7.35. The number of carbonyl (C=O) groups is 2. The number of nitrogens with zero attached hydrogens (tertiary/aromatic N) is 1. The monoisotopic (exact) mass is 436 g/mol. The van der Waals surface area contributed by atoms with E-state index in [1.165, 1.54) is 13.3 Å². The highest BCUT2D eigenvalue weighted by Crippen LogP contribution is 2.24. The molecule has 0 radical (unpaired) electrons. The van der Waals surface area contributed by atoms with Gasteiger partial charge in [-0.1, -0.05) is 37.0 Å². The average molecular weight is 437 g/mol. The zero-order valence-electron chi connectivity index (χ0n) is 19.0. The van der Waals surface area contributed by atoms with Gasteiger partial charge < -0.3 is 10.2 Å². The summed E-state index contributed by atoms with van der Waals surface area (Å²) in [6, 6.07) is 4.14. The fourth-order valence-electron chi connectivity index (χ4n) is 4.28. The third-order valence-electron chi connectivity index (χ3n) is 6.13. The Morgan fingerprint density at radius 1 is 1.10 bits per heavy atom. The van der Waals surface area contributed by atoms with Crippen LogP contribution >= 0.6 is 0 Å². The first kappa shape index (κ1) is 24.4. The summed E-state index contributed by atoms with van der Waals surface area (Å²) in [7, 11) is -1.89. The van der Waals surface area contributed by atoms with Gasteiger partial charge in [-0.3, -0.25) is 9.59 Å². The first-order chi connectivity index (χ1) is 14.0. The van der Waals surface area contributed by atoms with Gasteiger partial charge in [-0.15, -0.1) is 0 Å². The molecule has 0 heterocycles. The SMILES string of the molecule is Cc1cc(C)c(NC(=O)CCCS(=O)(=O)C(C)C(=O)N(C)C2CCCCC2)c(C)c1. The van der Waals surface area contributed by atoms with Gasteiger partial charge >= 0.3 is 0 Å². The molecule has 6 nitrogen and oxygen atoms in total. The third-order valence-corrected chi connectivity index (χ3v) is 8.27. The summed E-state index contributed by atoms with van der Waals surface area (Å²) in [5, 5.41) is 1.82. The summed E-state index contributed by atoms with van der Waals surface area (Å²) in [5.74, 6) is -0.714. The van der Waals surface area contributed by atoms with Crippen molar-refractivity contribution in [2.45, 2.75) is 83.9 Å². The van der Waals surface area contributed by atoms with Crippen LogP contribution < -0.4 is 5.32 Å². The lowest BCUT2D eigenvalue weighted by Gasteiger charge is -2.32. The fourth-order valence-corrected chi connectivity index (χ4v) is 5.65. The minimum atomic E-state index is -3.60. The smallest absolute Gasteiger partial charge is 0.240 e. The molecule has 1 atom stereocenters. The van der Waals surface area contributed by atoms with Crippen molar-refractivity contribution in [3.8, 4) is 0 Å². The Labute approximate surface area is 181 Å². The first-order valence-corrected chi connectivity index (χ1v) is 12.6. The Morgan fingerprint density at radius 2 is 1.67 bits per heavy atom. The van der Waals surface area contributed by atoms with Crippen LogP contribution in [0.5, 0.6) is 0 Å². The molecule has 0 bridgehead atoms. The molecule has 0 aromatic heterocycles. The molecule has 2 amide bonds. The lowest BCUT2D eigenvalue weighted by molar-refractivity contribution is -0.131. The summed E-state index contributed by atoms with van der Waals surface area (Å²) in [5.41, 5.74) is 3.88. The third kappa shape index (κ3) is 6.30. The summed E-state index contributed by atoms with van der Waals surface area (Å²) in [6.07, 6.45) is 5.52. The maximum Gasteiger partial charge on any atom is 0.240 e. The van der Waals surface area contributed by atoms with Gasteiger partial charge in [-0.25, -0.2) is 8.42 Å². The van der Waals surface area contributed by atoms with E-state index >= 15 is 0 Å². The minimum Gasteiger partial charge on any atom is -0.342 e. The molecule has 2 rings (SSSR count). The van der Waals surface area contributed by atoms with E-state index in [0.29, 0.717) is 0 Å². The van der Waals surface area contributed by atoms with E-state index in [1.807, 2.05) is 32.9 Å². The van der Waals surface area contributed by atoms with Crippen molar-refractivity contribution in [2.75, 3.05) is 18.1 Å². The lowest BCUT2D eigenvalue weighted by Crippen LogP contribution is -2.45. The van der Waals surface area contributed by atoms with E-state index in [2.05, 4.69) is 5.32 Å². The molecule has 1 fully saturated rings. The number of aryl methyl sites for hydroxylation is 3. The molecule has 0 saturated heterocycles. The van der Waals surface area contributed by atoms with Crippen LogP contribution in [0.1, 0.15) is 68.6 Å². The van der Waals surface area contributed by atoms with Crippen LogP contribution in [0.2, 0.25) is 0 Å². The van der Waals surface area contributed by atoms with Gasteiger partial charge in [0.15, 0.2) is 9.84 Å². The summed E-state index contributed by atoms with van der Waals surface area (Å²) < 4.78 is 25.3. The second kappa shape index (κ2) is 10.4. The predicted octanol–water partition coefficient (Wildman–Crippen LogP) is 3.92. The van der Waals surface area contributed by atoms with Crippen molar-refractivity contribution in [3.63, 3.8) is 0 Å². The number of amides is 2. The van der Waals surface area contributed by atoms with E-state index < -0.39 is 15.1 Å². The molecule has 0 spiro atoms. The average Bonchev–Trinajstić information content (AvgIpc) is 2.69.